The summed E-state index contributed by atoms with van der Waals surface area (Å²) in [6.45, 7) is 4.22. The van der Waals surface area contributed by atoms with Crippen molar-refractivity contribution in [3.63, 3.8) is 0 Å². The first-order chi connectivity index (χ1) is 7.27. The molecule has 0 unspecified atom stereocenters. The van der Waals surface area contributed by atoms with Crippen molar-refractivity contribution in [2.45, 2.75) is 13.8 Å². The van der Waals surface area contributed by atoms with Crippen LogP contribution in [0.5, 0.6) is 0 Å². The van der Waals surface area contributed by atoms with Gasteiger partial charge in [-0.1, -0.05) is 48.5 Å². The Bertz CT molecular complexity index is 412. The zero-order valence-corrected chi connectivity index (χ0v) is 9.12. The van der Waals surface area contributed by atoms with Crippen LogP contribution < -0.4 is 0 Å². The van der Waals surface area contributed by atoms with E-state index in [4.69, 9.17) is 0 Å². The number of hydrogen-bond acceptors (Lipinski definition) is 0. The van der Waals surface area contributed by atoms with Crippen molar-refractivity contribution in [3.05, 3.63) is 77.2 Å². The Morgan fingerprint density at radius 3 is 1.47 bits per heavy atom. The van der Waals surface area contributed by atoms with E-state index in [0.29, 0.717) is 0 Å². The highest BCUT2D eigenvalue weighted by molar-refractivity contribution is 5.44. The first-order valence-electron chi connectivity index (χ1n) is 5.15. The molecular formula is C15H14. The average molecular weight is 194 g/mol. The summed E-state index contributed by atoms with van der Waals surface area (Å²) in [5, 5.41) is 0. The van der Waals surface area contributed by atoms with Crippen molar-refractivity contribution in [1.82, 2.24) is 0 Å². The van der Waals surface area contributed by atoms with Gasteiger partial charge in [0.25, 0.3) is 0 Å². The summed E-state index contributed by atoms with van der Waals surface area (Å²) in [6.07, 6.45) is 3.44. The van der Waals surface area contributed by atoms with E-state index < -0.39 is 0 Å². The molecule has 0 saturated heterocycles. The summed E-state index contributed by atoms with van der Waals surface area (Å²) in [4.78, 5) is 0. The minimum Gasteiger partial charge on any atom is -0.0620 e. The van der Waals surface area contributed by atoms with Gasteiger partial charge in [-0.3, -0.25) is 0 Å². The molecule has 0 spiro atoms. The van der Waals surface area contributed by atoms with Crippen molar-refractivity contribution in [3.8, 4) is 0 Å². The SMILES string of the molecule is Cc1ccccc1[C]c1ccccc1C. The maximum Gasteiger partial charge on any atom is 0.0507 e. The van der Waals surface area contributed by atoms with Gasteiger partial charge in [-0.15, -0.1) is 0 Å². The van der Waals surface area contributed by atoms with Gasteiger partial charge in [-0.25, -0.2) is 0 Å². The molecule has 0 nitrogen and oxygen atoms in total. The van der Waals surface area contributed by atoms with E-state index >= 15 is 0 Å². The molecule has 0 heterocycles. The number of rotatable bonds is 2. The zero-order chi connectivity index (χ0) is 10.7. The molecule has 0 saturated carbocycles. The zero-order valence-electron chi connectivity index (χ0n) is 9.12. The molecule has 2 radical (unpaired) electrons. The molecule has 0 aliphatic heterocycles. The second-order valence-corrected chi connectivity index (χ2v) is 3.75. The molecule has 0 aromatic heterocycles. The van der Waals surface area contributed by atoms with Crippen LogP contribution in [-0.2, 0) is 0 Å². The van der Waals surface area contributed by atoms with E-state index in [1.54, 1.807) is 0 Å². The third-order valence-corrected chi connectivity index (χ3v) is 2.56. The Hall–Kier alpha value is -1.56. The molecule has 2 rings (SSSR count). The van der Waals surface area contributed by atoms with Gasteiger partial charge < -0.3 is 0 Å². The molecule has 0 N–H and O–H groups in total. The smallest absolute Gasteiger partial charge is 0.0507 e. The van der Waals surface area contributed by atoms with E-state index in [-0.39, 0.29) is 0 Å². The Kier molecular flexibility index (Phi) is 2.86. The quantitative estimate of drug-likeness (QED) is 0.682. The fourth-order valence-electron chi connectivity index (χ4n) is 1.57. The largest absolute Gasteiger partial charge is 0.0620 e. The fourth-order valence-corrected chi connectivity index (χ4v) is 1.57. The number of aryl methyl sites for hydroxylation is 2. The number of hydrogen-bond donors (Lipinski definition) is 0. The van der Waals surface area contributed by atoms with Crippen LogP contribution >= 0.6 is 0 Å². The van der Waals surface area contributed by atoms with Gasteiger partial charge in [0, 0.05) is 0 Å². The molecular weight excluding hydrogens is 180 g/mol. The summed E-state index contributed by atoms with van der Waals surface area (Å²) in [6, 6.07) is 16.6. The van der Waals surface area contributed by atoms with Gasteiger partial charge in [0.2, 0.25) is 0 Å². The van der Waals surface area contributed by atoms with Crippen molar-refractivity contribution in [1.29, 1.82) is 0 Å². The van der Waals surface area contributed by atoms with Gasteiger partial charge >= 0.3 is 0 Å². The van der Waals surface area contributed by atoms with Gasteiger partial charge in [0.05, 0.1) is 6.42 Å². The maximum absolute atomic E-state index is 3.44. The van der Waals surface area contributed by atoms with E-state index in [1.165, 1.54) is 22.3 Å². The molecule has 0 fully saturated rings. The topological polar surface area (TPSA) is 0 Å². The first-order valence-corrected chi connectivity index (χ1v) is 5.15. The monoisotopic (exact) mass is 194 g/mol. The summed E-state index contributed by atoms with van der Waals surface area (Å²) < 4.78 is 0. The Morgan fingerprint density at radius 1 is 0.667 bits per heavy atom. The fraction of sp³-hybridized carbons (Fsp3) is 0.133. The van der Waals surface area contributed by atoms with Gasteiger partial charge in [-0.2, -0.15) is 0 Å². The van der Waals surface area contributed by atoms with Crippen molar-refractivity contribution in [2.24, 2.45) is 0 Å². The van der Waals surface area contributed by atoms with Crippen molar-refractivity contribution in [2.75, 3.05) is 0 Å². The van der Waals surface area contributed by atoms with Crippen LogP contribution in [0.3, 0.4) is 0 Å². The van der Waals surface area contributed by atoms with Gasteiger partial charge in [0.1, 0.15) is 0 Å². The molecule has 0 heteroatoms. The molecule has 0 amide bonds. The van der Waals surface area contributed by atoms with Gasteiger partial charge in [0.15, 0.2) is 0 Å². The summed E-state index contributed by atoms with van der Waals surface area (Å²) in [5.74, 6) is 0. The van der Waals surface area contributed by atoms with Crippen molar-refractivity contribution >= 4 is 0 Å². The molecule has 0 atom stereocenters. The maximum atomic E-state index is 3.44. The summed E-state index contributed by atoms with van der Waals surface area (Å²) >= 11 is 0. The van der Waals surface area contributed by atoms with Crippen LogP contribution in [0.4, 0.5) is 0 Å². The Labute approximate surface area is 91.6 Å². The lowest BCUT2D eigenvalue weighted by Crippen LogP contribution is -1.91. The van der Waals surface area contributed by atoms with Gasteiger partial charge in [-0.05, 0) is 36.1 Å². The van der Waals surface area contributed by atoms with Crippen LogP contribution in [-0.4, -0.2) is 0 Å². The van der Waals surface area contributed by atoms with E-state index in [1.807, 2.05) is 12.1 Å². The highest BCUT2D eigenvalue weighted by atomic mass is 14.1. The molecule has 0 aliphatic rings. The highest BCUT2D eigenvalue weighted by Gasteiger charge is 2.02. The number of benzene rings is 2. The lowest BCUT2D eigenvalue weighted by Gasteiger charge is -2.06. The lowest BCUT2D eigenvalue weighted by molar-refractivity contribution is 1.30. The molecule has 74 valence electrons. The molecule has 0 aliphatic carbocycles. The van der Waals surface area contributed by atoms with Crippen LogP contribution in [0.15, 0.2) is 48.5 Å². The predicted octanol–water partition coefficient (Wildman–Crippen LogP) is 3.78. The highest BCUT2D eigenvalue weighted by Crippen LogP contribution is 2.18. The molecule has 0 bridgehead atoms. The standard InChI is InChI=1S/C15H14/c1-12-7-3-5-9-14(12)11-15-10-6-4-8-13(15)2/h3-10H,1-2H3. The molecule has 2 aromatic carbocycles. The van der Waals surface area contributed by atoms with Crippen LogP contribution in [0.1, 0.15) is 22.3 Å². The molecule has 2 aromatic rings. The van der Waals surface area contributed by atoms with Crippen molar-refractivity contribution < 1.29 is 0 Å². The van der Waals surface area contributed by atoms with Crippen LogP contribution in [0, 0.1) is 20.3 Å². The average Bonchev–Trinajstić information content (AvgIpc) is 2.24. The van der Waals surface area contributed by atoms with Crippen LogP contribution in [0.2, 0.25) is 0 Å². The molecule has 15 heavy (non-hydrogen) atoms. The third-order valence-electron chi connectivity index (χ3n) is 2.56. The lowest BCUT2D eigenvalue weighted by atomic mass is 9.98. The minimum absolute atomic E-state index is 1.17. The normalized spacial score (nSPS) is 10.3. The first kappa shape index (κ1) is 9.97. The summed E-state index contributed by atoms with van der Waals surface area (Å²) in [5.41, 5.74) is 4.88. The van der Waals surface area contributed by atoms with E-state index in [2.05, 4.69) is 56.7 Å². The Morgan fingerprint density at radius 2 is 1.07 bits per heavy atom. The second-order valence-electron chi connectivity index (χ2n) is 3.75. The second kappa shape index (κ2) is 4.31. The third kappa shape index (κ3) is 2.27. The predicted molar refractivity (Wildman–Crippen MR) is 63.8 cm³/mol. The Balaban J connectivity index is 2.30. The van der Waals surface area contributed by atoms with Crippen LogP contribution in [0.25, 0.3) is 0 Å². The van der Waals surface area contributed by atoms with E-state index in [0.717, 1.165) is 0 Å². The van der Waals surface area contributed by atoms with E-state index in [9.17, 15) is 0 Å². The summed E-state index contributed by atoms with van der Waals surface area (Å²) in [7, 11) is 0. The minimum atomic E-state index is 1.17.